The van der Waals surface area contributed by atoms with Crippen molar-refractivity contribution in [2.75, 3.05) is 11.9 Å². The first-order valence-corrected chi connectivity index (χ1v) is 10.3. The van der Waals surface area contributed by atoms with Crippen molar-refractivity contribution in [2.24, 2.45) is 0 Å². The molecule has 148 valence electrons. The third-order valence-electron chi connectivity index (χ3n) is 5.19. The fourth-order valence-electron chi connectivity index (χ4n) is 3.79. The molecule has 3 aromatic carbocycles. The standard InChI is InChI=1S/C24H23ClN2O2/c25-18-13-14-23(29-19-9-2-1-3-10-19)22(15-18)27-24(28)16-26-21-12-6-8-17-7-4-5-11-20(17)21/h1-5,7,9-11,13-15,21,26H,6,8,12,16H2,(H,27,28)/p+1/t21-/m0/s1. The lowest BCUT2D eigenvalue weighted by Crippen LogP contribution is -2.87. The van der Waals surface area contributed by atoms with Crippen molar-refractivity contribution in [1.29, 1.82) is 0 Å². The van der Waals surface area contributed by atoms with Crippen LogP contribution in [-0.4, -0.2) is 12.5 Å². The molecule has 5 heteroatoms. The van der Waals surface area contributed by atoms with Crippen LogP contribution in [0.2, 0.25) is 5.02 Å². The molecule has 0 saturated heterocycles. The van der Waals surface area contributed by atoms with Crippen molar-refractivity contribution in [3.63, 3.8) is 0 Å². The summed E-state index contributed by atoms with van der Waals surface area (Å²) in [6.07, 6.45) is 3.36. The first-order chi connectivity index (χ1) is 14.2. The van der Waals surface area contributed by atoms with E-state index in [1.165, 1.54) is 11.1 Å². The lowest BCUT2D eigenvalue weighted by molar-refractivity contribution is -0.687. The van der Waals surface area contributed by atoms with E-state index in [2.05, 4.69) is 34.9 Å². The van der Waals surface area contributed by atoms with Crippen molar-refractivity contribution in [1.82, 2.24) is 0 Å². The van der Waals surface area contributed by atoms with Crippen molar-refractivity contribution < 1.29 is 14.8 Å². The summed E-state index contributed by atoms with van der Waals surface area (Å²) in [6.45, 7) is 0.344. The Balaban J connectivity index is 1.42. The van der Waals surface area contributed by atoms with Gasteiger partial charge >= 0.3 is 0 Å². The molecule has 1 atom stereocenters. The van der Waals surface area contributed by atoms with Gasteiger partial charge in [-0.05, 0) is 48.7 Å². The highest BCUT2D eigenvalue weighted by Crippen LogP contribution is 2.32. The number of nitrogens with two attached hydrogens (primary N) is 1. The zero-order chi connectivity index (χ0) is 20.1. The normalized spacial score (nSPS) is 15.4. The number of carbonyl (C=O) groups excluding carboxylic acids is 1. The first kappa shape index (κ1) is 19.5. The summed E-state index contributed by atoms with van der Waals surface area (Å²) in [4.78, 5) is 12.6. The first-order valence-electron chi connectivity index (χ1n) is 9.92. The number of ether oxygens (including phenoxy) is 1. The van der Waals surface area contributed by atoms with E-state index in [-0.39, 0.29) is 5.91 Å². The molecule has 0 aromatic heterocycles. The van der Waals surface area contributed by atoms with Gasteiger partial charge in [-0.2, -0.15) is 0 Å². The van der Waals surface area contributed by atoms with Gasteiger partial charge in [-0.25, -0.2) is 0 Å². The van der Waals surface area contributed by atoms with Crippen LogP contribution in [0.15, 0.2) is 72.8 Å². The average molecular weight is 408 g/mol. The van der Waals surface area contributed by atoms with Gasteiger partial charge in [0.1, 0.15) is 11.8 Å². The second-order valence-corrected chi connectivity index (χ2v) is 7.68. The van der Waals surface area contributed by atoms with Crippen LogP contribution in [0.1, 0.15) is 30.0 Å². The predicted octanol–water partition coefficient (Wildman–Crippen LogP) is 4.71. The monoisotopic (exact) mass is 407 g/mol. The van der Waals surface area contributed by atoms with Crippen molar-refractivity contribution in [3.05, 3.63) is 88.9 Å². The van der Waals surface area contributed by atoms with E-state index >= 15 is 0 Å². The number of amides is 1. The Bertz CT molecular complexity index is 991. The lowest BCUT2D eigenvalue weighted by atomic mass is 9.88. The molecule has 0 saturated carbocycles. The number of rotatable bonds is 6. The second kappa shape index (κ2) is 9.12. The molecule has 0 unspecified atom stereocenters. The molecule has 0 bridgehead atoms. The van der Waals surface area contributed by atoms with Gasteiger partial charge in [-0.1, -0.05) is 54.1 Å². The number of halogens is 1. The summed E-state index contributed by atoms with van der Waals surface area (Å²) >= 11 is 6.14. The molecular formula is C24H24ClN2O2+. The predicted molar refractivity (Wildman–Crippen MR) is 116 cm³/mol. The third kappa shape index (κ3) is 4.97. The number of hydrogen-bond acceptors (Lipinski definition) is 2. The number of carbonyl (C=O) groups is 1. The van der Waals surface area contributed by atoms with E-state index in [1.54, 1.807) is 18.2 Å². The summed E-state index contributed by atoms with van der Waals surface area (Å²) < 4.78 is 5.92. The molecule has 0 heterocycles. The molecule has 0 fully saturated rings. The Morgan fingerprint density at radius 2 is 1.86 bits per heavy atom. The molecule has 0 aliphatic heterocycles. The minimum atomic E-state index is -0.0757. The fraction of sp³-hybridized carbons (Fsp3) is 0.208. The molecule has 1 aliphatic rings. The van der Waals surface area contributed by atoms with Gasteiger partial charge in [0.2, 0.25) is 0 Å². The summed E-state index contributed by atoms with van der Waals surface area (Å²) in [5.41, 5.74) is 3.32. The molecule has 0 spiro atoms. The maximum absolute atomic E-state index is 12.6. The number of benzene rings is 3. The molecule has 0 radical (unpaired) electrons. The number of hydrogen-bond donors (Lipinski definition) is 2. The van der Waals surface area contributed by atoms with E-state index in [4.69, 9.17) is 16.3 Å². The van der Waals surface area contributed by atoms with Crippen LogP contribution in [-0.2, 0) is 11.2 Å². The highest BCUT2D eigenvalue weighted by molar-refractivity contribution is 6.31. The summed E-state index contributed by atoms with van der Waals surface area (Å²) in [5, 5.41) is 5.62. The SMILES string of the molecule is O=C(C[NH2+][C@H]1CCCc2ccccc21)Nc1cc(Cl)ccc1Oc1ccccc1. The summed E-state index contributed by atoms with van der Waals surface area (Å²) in [6, 6.07) is 23.6. The third-order valence-corrected chi connectivity index (χ3v) is 5.43. The van der Waals surface area contributed by atoms with Crippen molar-refractivity contribution in [3.8, 4) is 11.5 Å². The fourth-order valence-corrected chi connectivity index (χ4v) is 3.96. The molecule has 3 aromatic rings. The van der Waals surface area contributed by atoms with Gasteiger partial charge < -0.3 is 15.4 Å². The summed E-state index contributed by atoms with van der Waals surface area (Å²) in [5.74, 6) is 1.20. The summed E-state index contributed by atoms with van der Waals surface area (Å²) in [7, 11) is 0. The van der Waals surface area contributed by atoms with Gasteiger partial charge in [0.25, 0.3) is 5.91 Å². The number of quaternary nitrogens is 1. The Labute approximate surface area is 175 Å². The number of aryl methyl sites for hydroxylation is 1. The maximum atomic E-state index is 12.6. The van der Waals surface area contributed by atoms with E-state index in [0.717, 1.165) is 19.3 Å². The van der Waals surface area contributed by atoms with Gasteiger partial charge in [0, 0.05) is 17.0 Å². The maximum Gasteiger partial charge on any atom is 0.279 e. The Kier molecular flexibility index (Phi) is 6.13. The minimum absolute atomic E-state index is 0.0757. The molecule has 1 aliphatic carbocycles. The van der Waals surface area contributed by atoms with Crippen LogP contribution in [0, 0.1) is 0 Å². The average Bonchev–Trinajstić information content (AvgIpc) is 2.75. The van der Waals surface area contributed by atoms with Crippen LogP contribution >= 0.6 is 11.6 Å². The van der Waals surface area contributed by atoms with Gasteiger partial charge in [-0.15, -0.1) is 0 Å². The Morgan fingerprint density at radius 3 is 2.72 bits per heavy atom. The van der Waals surface area contributed by atoms with E-state index < -0.39 is 0 Å². The van der Waals surface area contributed by atoms with E-state index in [9.17, 15) is 4.79 Å². The van der Waals surface area contributed by atoms with Crippen LogP contribution < -0.4 is 15.4 Å². The lowest BCUT2D eigenvalue weighted by Gasteiger charge is -2.23. The topological polar surface area (TPSA) is 54.9 Å². The largest absolute Gasteiger partial charge is 0.455 e. The molecule has 4 rings (SSSR count). The smallest absolute Gasteiger partial charge is 0.279 e. The van der Waals surface area contributed by atoms with Crippen LogP contribution in [0.3, 0.4) is 0 Å². The van der Waals surface area contributed by atoms with Gasteiger partial charge in [0.15, 0.2) is 12.3 Å². The zero-order valence-electron chi connectivity index (χ0n) is 16.1. The quantitative estimate of drug-likeness (QED) is 0.621. The Hall–Kier alpha value is -2.82. The van der Waals surface area contributed by atoms with Crippen molar-refractivity contribution in [2.45, 2.75) is 25.3 Å². The molecule has 4 nitrogen and oxygen atoms in total. The number of para-hydroxylation sites is 1. The van der Waals surface area contributed by atoms with Crippen LogP contribution in [0.5, 0.6) is 11.5 Å². The van der Waals surface area contributed by atoms with Crippen molar-refractivity contribution >= 4 is 23.2 Å². The molecule has 29 heavy (non-hydrogen) atoms. The van der Waals surface area contributed by atoms with Crippen LogP contribution in [0.25, 0.3) is 0 Å². The molecule has 1 amide bonds. The highest BCUT2D eigenvalue weighted by atomic mass is 35.5. The molecular weight excluding hydrogens is 384 g/mol. The van der Waals surface area contributed by atoms with Gasteiger partial charge in [-0.3, -0.25) is 4.79 Å². The highest BCUT2D eigenvalue weighted by Gasteiger charge is 2.23. The number of anilines is 1. The zero-order valence-corrected chi connectivity index (χ0v) is 16.9. The molecule has 3 N–H and O–H groups in total. The minimum Gasteiger partial charge on any atom is -0.455 e. The van der Waals surface area contributed by atoms with E-state index in [1.807, 2.05) is 30.3 Å². The van der Waals surface area contributed by atoms with E-state index in [0.29, 0.717) is 34.8 Å². The second-order valence-electron chi connectivity index (χ2n) is 7.24. The van der Waals surface area contributed by atoms with Gasteiger partial charge in [0.05, 0.1) is 5.69 Å². The number of fused-ring (bicyclic) bond motifs is 1. The number of nitrogens with one attached hydrogen (secondary N) is 1. The van der Waals surface area contributed by atoms with Crippen LogP contribution in [0.4, 0.5) is 5.69 Å². The Morgan fingerprint density at radius 1 is 1.07 bits per heavy atom.